The van der Waals surface area contributed by atoms with E-state index in [1.54, 1.807) is 6.20 Å². The molecule has 0 aliphatic heterocycles. The number of hydrogen-bond acceptors (Lipinski definition) is 3. The van der Waals surface area contributed by atoms with Crippen LogP contribution in [0.15, 0.2) is 18.3 Å². The highest BCUT2D eigenvalue weighted by molar-refractivity contribution is 5.40. The van der Waals surface area contributed by atoms with Crippen molar-refractivity contribution in [1.29, 1.82) is 0 Å². The van der Waals surface area contributed by atoms with Crippen molar-refractivity contribution in [1.82, 2.24) is 4.98 Å². The summed E-state index contributed by atoms with van der Waals surface area (Å²) in [7, 11) is 0. The molecule has 1 atom stereocenters. The molecule has 0 spiro atoms. The Morgan fingerprint density at radius 3 is 2.91 bits per heavy atom. The zero-order chi connectivity index (χ0) is 8.27. The van der Waals surface area contributed by atoms with E-state index in [-0.39, 0.29) is 6.04 Å². The van der Waals surface area contributed by atoms with E-state index in [0.29, 0.717) is 5.82 Å². The first kappa shape index (κ1) is 8.01. The second-order valence-corrected chi connectivity index (χ2v) is 2.49. The lowest BCUT2D eigenvalue weighted by Gasteiger charge is -2.09. The number of nitrogens with zero attached hydrogens (tertiary/aromatic N) is 1. The molecule has 3 nitrogen and oxygen atoms in total. The fourth-order valence-corrected chi connectivity index (χ4v) is 0.963. The third kappa shape index (κ3) is 1.68. The van der Waals surface area contributed by atoms with Crippen LogP contribution in [0.25, 0.3) is 0 Å². The van der Waals surface area contributed by atoms with Gasteiger partial charge >= 0.3 is 0 Å². The first-order chi connectivity index (χ1) is 5.25. The molecule has 0 aliphatic carbocycles. The Morgan fingerprint density at radius 2 is 2.36 bits per heavy atom. The Kier molecular flexibility index (Phi) is 2.44. The molecule has 3 heteroatoms. The van der Waals surface area contributed by atoms with Gasteiger partial charge in [-0.3, -0.25) is 0 Å². The normalized spacial score (nSPS) is 12.9. The van der Waals surface area contributed by atoms with Crippen molar-refractivity contribution < 1.29 is 0 Å². The molecule has 0 fully saturated rings. The molecule has 0 saturated carbocycles. The van der Waals surface area contributed by atoms with E-state index in [9.17, 15) is 0 Å². The predicted octanol–water partition coefficient (Wildman–Crippen LogP) is 1.07. The molecule has 0 aromatic carbocycles. The molecule has 1 heterocycles. The first-order valence-electron chi connectivity index (χ1n) is 3.71. The van der Waals surface area contributed by atoms with Gasteiger partial charge in [0.1, 0.15) is 5.82 Å². The van der Waals surface area contributed by atoms with Crippen molar-refractivity contribution >= 4 is 5.82 Å². The minimum absolute atomic E-state index is 0.0173. The molecule has 0 radical (unpaired) electrons. The summed E-state index contributed by atoms with van der Waals surface area (Å²) >= 11 is 0. The summed E-state index contributed by atoms with van der Waals surface area (Å²) in [5, 5.41) is 0. The summed E-state index contributed by atoms with van der Waals surface area (Å²) in [4.78, 5) is 3.95. The van der Waals surface area contributed by atoms with E-state index in [4.69, 9.17) is 11.5 Å². The molecular formula is C8H13N3. The molecule has 1 aromatic heterocycles. The van der Waals surface area contributed by atoms with E-state index in [2.05, 4.69) is 4.98 Å². The highest BCUT2D eigenvalue weighted by Crippen LogP contribution is 2.17. The van der Waals surface area contributed by atoms with Crippen LogP contribution in [-0.4, -0.2) is 4.98 Å². The van der Waals surface area contributed by atoms with Crippen LogP contribution in [0.1, 0.15) is 24.9 Å². The second kappa shape index (κ2) is 3.34. The van der Waals surface area contributed by atoms with Crippen LogP contribution in [0.2, 0.25) is 0 Å². The highest BCUT2D eigenvalue weighted by Gasteiger charge is 2.05. The quantitative estimate of drug-likeness (QED) is 0.664. The number of aromatic nitrogens is 1. The SMILES string of the molecule is CC[C@@H](N)c1cccnc1N. The monoisotopic (exact) mass is 151 g/mol. The lowest BCUT2D eigenvalue weighted by Crippen LogP contribution is -2.11. The number of anilines is 1. The lowest BCUT2D eigenvalue weighted by molar-refractivity contribution is 0.698. The lowest BCUT2D eigenvalue weighted by atomic mass is 10.1. The van der Waals surface area contributed by atoms with Gasteiger partial charge in [-0.05, 0) is 12.5 Å². The highest BCUT2D eigenvalue weighted by atomic mass is 14.8. The van der Waals surface area contributed by atoms with Crippen LogP contribution in [0.5, 0.6) is 0 Å². The molecular weight excluding hydrogens is 138 g/mol. The van der Waals surface area contributed by atoms with Crippen LogP contribution in [0.4, 0.5) is 5.82 Å². The maximum absolute atomic E-state index is 5.78. The summed E-state index contributed by atoms with van der Waals surface area (Å²) < 4.78 is 0. The van der Waals surface area contributed by atoms with Crippen molar-refractivity contribution in [2.45, 2.75) is 19.4 Å². The van der Waals surface area contributed by atoms with Crippen LogP contribution in [0, 0.1) is 0 Å². The van der Waals surface area contributed by atoms with E-state index in [0.717, 1.165) is 12.0 Å². The van der Waals surface area contributed by atoms with Crippen LogP contribution in [0.3, 0.4) is 0 Å². The topological polar surface area (TPSA) is 64.9 Å². The van der Waals surface area contributed by atoms with E-state index < -0.39 is 0 Å². The Morgan fingerprint density at radius 1 is 1.64 bits per heavy atom. The summed E-state index contributed by atoms with van der Waals surface area (Å²) in [5.41, 5.74) is 12.3. The van der Waals surface area contributed by atoms with Gasteiger partial charge in [0.15, 0.2) is 0 Å². The predicted molar refractivity (Wildman–Crippen MR) is 45.9 cm³/mol. The van der Waals surface area contributed by atoms with Gasteiger partial charge in [-0.2, -0.15) is 0 Å². The fourth-order valence-electron chi connectivity index (χ4n) is 0.963. The maximum Gasteiger partial charge on any atom is 0.128 e. The average Bonchev–Trinajstić information content (AvgIpc) is 2.04. The molecule has 0 aliphatic rings. The van der Waals surface area contributed by atoms with Crippen LogP contribution in [-0.2, 0) is 0 Å². The Hall–Kier alpha value is -1.09. The third-order valence-corrected chi connectivity index (χ3v) is 1.71. The van der Waals surface area contributed by atoms with Crippen molar-refractivity contribution in [2.24, 2.45) is 5.73 Å². The maximum atomic E-state index is 5.78. The summed E-state index contributed by atoms with van der Waals surface area (Å²) in [5.74, 6) is 0.543. The molecule has 60 valence electrons. The number of rotatable bonds is 2. The molecule has 4 N–H and O–H groups in total. The van der Waals surface area contributed by atoms with Gasteiger partial charge in [0.2, 0.25) is 0 Å². The summed E-state index contributed by atoms with van der Waals surface area (Å²) in [6.45, 7) is 2.02. The van der Waals surface area contributed by atoms with Crippen molar-refractivity contribution in [2.75, 3.05) is 5.73 Å². The minimum Gasteiger partial charge on any atom is -0.383 e. The first-order valence-corrected chi connectivity index (χ1v) is 3.71. The number of nitrogens with two attached hydrogens (primary N) is 2. The van der Waals surface area contributed by atoms with Gasteiger partial charge in [-0.25, -0.2) is 4.98 Å². The Labute approximate surface area is 66.4 Å². The average molecular weight is 151 g/mol. The summed E-state index contributed by atoms with van der Waals surface area (Å²) in [6, 6.07) is 3.78. The van der Waals surface area contributed by atoms with Gasteiger partial charge in [-0.15, -0.1) is 0 Å². The van der Waals surface area contributed by atoms with Gasteiger partial charge in [0.05, 0.1) is 0 Å². The zero-order valence-electron chi connectivity index (χ0n) is 6.62. The smallest absolute Gasteiger partial charge is 0.128 e. The molecule has 0 saturated heterocycles. The van der Waals surface area contributed by atoms with Gasteiger partial charge in [0.25, 0.3) is 0 Å². The van der Waals surface area contributed by atoms with Crippen molar-refractivity contribution in [3.63, 3.8) is 0 Å². The third-order valence-electron chi connectivity index (χ3n) is 1.71. The van der Waals surface area contributed by atoms with Crippen LogP contribution < -0.4 is 11.5 Å². The zero-order valence-corrected chi connectivity index (χ0v) is 6.62. The largest absolute Gasteiger partial charge is 0.383 e. The Bertz CT molecular complexity index is 235. The minimum atomic E-state index is 0.0173. The van der Waals surface area contributed by atoms with Crippen molar-refractivity contribution in [3.8, 4) is 0 Å². The second-order valence-electron chi connectivity index (χ2n) is 2.49. The van der Waals surface area contributed by atoms with E-state index in [1.807, 2.05) is 19.1 Å². The fraction of sp³-hybridized carbons (Fsp3) is 0.375. The van der Waals surface area contributed by atoms with Crippen LogP contribution >= 0.6 is 0 Å². The van der Waals surface area contributed by atoms with E-state index >= 15 is 0 Å². The van der Waals surface area contributed by atoms with E-state index in [1.165, 1.54) is 0 Å². The molecule has 0 amide bonds. The van der Waals surface area contributed by atoms with Gasteiger partial charge in [0, 0.05) is 17.8 Å². The Balaban J connectivity index is 2.93. The van der Waals surface area contributed by atoms with Gasteiger partial charge < -0.3 is 11.5 Å². The molecule has 1 rings (SSSR count). The number of nitrogen functional groups attached to an aromatic ring is 1. The molecule has 0 bridgehead atoms. The molecule has 1 aromatic rings. The van der Waals surface area contributed by atoms with Gasteiger partial charge in [-0.1, -0.05) is 13.0 Å². The number of pyridine rings is 1. The molecule has 11 heavy (non-hydrogen) atoms. The standard InChI is InChI=1S/C8H13N3/c1-2-7(9)6-4-3-5-11-8(6)10/h3-5,7H,2,9H2,1H3,(H2,10,11)/t7-/m1/s1. The van der Waals surface area contributed by atoms with Crippen molar-refractivity contribution in [3.05, 3.63) is 23.9 Å². The number of hydrogen-bond donors (Lipinski definition) is 2. The summed E-state index contributed by atoms with van der Waals surface area (Å²) in [6.07, 6.45) is 2.55. The molecule has 0 unspecified atom stereocenters.